The third-order valence-electron chi connectivity index (χ3n) is 2.89. The van der Waals surface area contributed by atoms with E-state index in [1.54, 1.807) is 0 Å². The Kier molecular flexibility index (Phi) is 3.71. The maximum absolute atomic E-state index is 8.81. The molecule has 2 unspecified atom stereocenters. The molecule has 0 aromatic rings. The van der Waals surface area contributed by atoms with Crippen molar-refractivity contribution in [3.05, 3.63) is 0 Å². The SMILES string of the molecule is CC(C#N)N1CCCC(N(C)C)C1. The molecule has 0 aromatic heterocycles. The first-order chi connectivity index (χ1) is 6.15. The van der Waals surface area contributed by atoms with Crippen molar-refractivity contribution in [2.45, 2.75) is 31.8 Å². The number of hydrogen-bond donors (Lipinski definition) is 0. The predicted molar refractivity (Wildman–Crippen MR) is 53.4 cm³/mol. The van der Waals surface area contributed by atoms with E-state index in [9.17, 15) is 0 Å². The topological polar surface area (TPSA) is 30.3 Å². The summed E-state index contributed by atoms with van der Waals surface area (Å²) < 4.78 is 0. The van der Waals surface area contributed by atoms with Crippen LogP contribution < -0.4 is 0 Å². The quantitative estimate of drug-likeness (QED) is 0.634. The highest BCUT2D eigenvalue weighted by Gasteiger charge is 2.24. The minimum atomic E-state index is 0.0720. The molecule has 3 heteroatoms. The van der Waals surface area contributed by atoms with E-state index in [4.69, 9.17) is 5.26 Å². The Morgan fingerprint density at radius 1 is 1.54 bits per heavy atom. The van der Waals surface area contributed by atoms with Crippen LogP contribution in [0.5, 0.6) is 0 Å². The molecule has 3 nitrogen and oxygen atoms in total. The Balaban J connectivity index is 2.47. The van der Waals surface area contributed by atoms with Crippen LogP contribution in [0.15, 0.2) is 0 Å². The smallest absolute Gasteiger partial charge is 0.0949 e. The molecule has 1 rings (SSSR count). The number of piperidine rings is 1. The van der Waals surface area contributed by atoms with E-state index in [1.807, 2.05) is 6.92 Å². The number of nitriles is 1. The van der Waals surface area contributed by atoms with Gasteiger partial charge in [-0.3, -0.25) is 4.90 Å². The van der Waals surface area contributed by atoms with E-state index >= 15 is 0 Å². The van der Waals surface area contributed by atoms with E-state index in [2.05, 4.69) is 30.0 Å². The summed E-state index contributed by atoms with van der Waals surface area (Å²) in [5.41, 5.74) is 0. The largest absolute Gasteiger partial charge is 0.305 e. The molecule has 1 fully saturated rings. The Morgan fingerprint density at radius 2 is 2.23 bits per heavy atom. The first-order valence-corrected chi connectivity index (χ1v) is 4.95. The Morgan fingerprint density at radius 3 is 2.77 bits per heavy atom. The van der Waals surface area contributed by atoms with Gasteiger partial charge in [0.1, 0.15) is 0 Å². The van der Waals surface area contributed by atoms with Crippen LogP contribution in [0.3, 0.4) is 0 Å². The molecule has 13 heavy (non-hydrogen) atoms. The molecule has 1 heterocycles. The Bertz CT molecular complexity index is 195. The van der Waals surface area contributed by atoms with Gasteiger partial charge in [-0.05, 0) is 40.4 Å². The van der Waals surface area contributed by atoms with E-state index < -0.39 is 0 Å². The lowest BCUT2D eigenvalue weighted by molar-refractivity contribution is 0.120. The van der Waals surface area contributed by atoms with Gasteiger partial charge in [0.15, 0.2) is 0 Å². The van der Waals surface area contributed by atoms with Crippen molar-refractivity contribution >= 4 is 0 Å². The van der Waals surface area contributed by atoms with Gasteiger partial charge in [0, 0.05) is 12.6 Å². The zero-order chi connectivity index (χ0) is 9.84. The van der Waals surface area contributed by atoms with Crippen LogP contribution >= 0.6 is 0 Å². The normalized spacial score (nSPS) is 27.2. The molecule has 0 spiro atoms. The summed E-state index contributed by atoms with van der Waals surface area (Å²) in [6.07, 6.45) is 2.48. The minimum Gasteiger partial charge on any atom is -0.305 e. The molecule has 0 aromatic carbocycles. The minimum absolute atomic E-state index is 0.0720. The van der Waals surface area contributed by atoms with Crippen molar-refractivity contribution in [3.8, 4) is 6.07 Å². The van der Waals surface area contributed by atoms with Gasteiger partial charge in [-0.2, -0.15) is 5.26 Å². The van der Waals surface area contributed by atoms with Crippen LogP contribution in [-0.4, -0.2) is 49.1 Å². The highest BCUT2D eigenvalue weighted by atomic mass is 15.2. The number of likely N-dealkylation sites (N-methyl/N-ethyl adjacent to an activating group) is 1. The zero-order valence-electron chi connectivity index (χ0n) is 8.82. The highest BCUT2D eigenvalue weighted by molar-refractivity contribution is 4.91. The number of hydrogen-bond acceptors (Lipinski definition) is 3. The second-order valence-corrected chi connectivity index (χ2v) is 4.06. The lowest BCUT2D eigenvalue weighted by atomic mass is 10.0. The van der Waals surface area contributed by atoms with E-state index in [-0.39, 0.29) is 6.04 Å². The molecule has 74 valence electrons. The van der Waals surface area contributed by atoms with Crippen molar-refractivity contribution in [1.29, 1.82) is 5.26 Å². The van der Waals surface area contributed by atoms with Crippen LogP contribution in [0.25, 0.3) is 0 Å². The summed E-state index contributed by atoms with van der Waals surface area (Å²) in [5.74, 6) is 0. The van der Waals surface area contributed by atoms with Gasteiger partial charge in [-0.25, -0.2) is 0 Å². The first kappa shape index (κ1) is 10.5. The monoisotopic (exact) mass is 181 g/mol. The van der Waals surface area contributed by atoms with Crippen molar-refractivity contribution in [3.63, 3.8) is 0 Å². The van der Waals surface area contributed by atoms with Crippen LogP contribution in [-0.2, 0) is 0 Å². The molecular weight excluding hydrogens is 162 g/mol. The van der Waals surface area contributed by atoms with Gasteiger partial charge in [0.2, 0.25) is 0 Å². The van der Waals surface area contributed by atoms with Gasteiger partial charge < -0.3 is 4.90 Å². The average Bonchev–Trinajstić information content (AvgIpc) is 2.17. The second kappa shape index (κ2) is 4.59. The van der Waals surface area contributed by atoms with Crippen LogP contribution in [0.4, 0.5) is 0 Å². The third-order valence-corrected chi connectivity index (χ3v) is 2.89. The maximum Gasteiger partial charge on any atom is 0.0949 e. The summed E-state index contributed by atoms with van der Waals surface area (Å²) in [5, 5.41) is 8.81. The zero-order valence-corrected chi connectivity index (χ0v) is 8.82. The van der Waals surface area contributed by atoms with Crippen LogP contribution in [0, 0.1) is 11.3 Å². The van der Waals surface area contributed by atoms with Crippen molar-refractivity contribution in [2.24, 2.45) is 0 Å². The summed E-state index contributed by atoms with van der Waals surface area (Å²) >= 11 is 0. The summed E-state index contributed by atoms with van der Waals surface area (Å²) in [6.45, 7) is 4.11. The van der Waals surface area contributed by atoms with Crippen molar-refractivity contribution in [1.82, 2.24) is 9.80 Å². The van der Waals surface area contributed by atoms with E-state index in [0.29, 0.717) is 6.04 Å². The molecule has 0 radical (unpaired) electrons. The first-order valence-electron chi connectivity index (χ1n) is 4.95. The molecule has 0 aliphatic carbocycles. The molecule has 0 N–H and O–H groups in total. The molecule has 0 amide bonds. The molecule has 0 bridgehead atoms. The fraction of sp³-hybridized carbons (Fsp3) is 0.900. The lowest BCUT2D eigenvalue weighted by Crippen LogP contribution is -2.47. The molecule has 1 aliphatic heterocycles. The van der Waals surface area contributed by atoms with Crippen molar-refractivity contribution in [2.75, 3.05) is 27.2 Å². The number of likely N-dealkylation sites (tertiary alicyclic amines) is 1. The van der Waals surface area contributed by atoms with Gasteiger partial charge in [-0.15, -0.1) is 0 Å². The summed E-state index contributed by atoms with van der Waals surface area (Å²) in [6, 6.07) is 3.00. The maximum atomic E-state index is 8.81. The van der Waals surface area contributed by atoms with E-state index in [1.165, 1.54) is 12.8 Å². The molecule has 1 saturated heterocycles. The Hall–Kier alpha value is -0.590. The van der Waals surface area contributed by atoms with Gasteiger partial charge >= 0.3 is 0 Å². The molecule has 1 aliphatic rings. The van der Waals surface area contributed by atoms with Crippen LogP contribution in [0.1, 0.15) is 19.8 Å². The molecule has 0 saturated carbocycles. The highest BCUT2D eigenvalue weighted by Crippen LogP contribution is 2.15. The molecule has 2 atom stereocenters. The summed E-state index contributed by atoms with van der Waals surface area (Å²) in [4.78, 5) is 4.53. The Labute approximate surface area is 80.9 Å². The third kappa shape index (κ3) is 2.68. The lowest BCUT2D eigenvalue weighted by Gasteiger charge is -2.37. The molecular formula is C10H19N3. The van der Waals surface area contributed by atoms with Crippen LogP contribution in [0.2, 0.25) is 0 Å². The van der Waals surface area contributed by atoms with E-state index in [0.717, 1.165) is 13.1 Å². The standard InChI is InChI=1S/C10H19N3/c1-9(7-11)13-6-4-5-10(8-13)12(2)3/h9-10H,4-6,8H2,1-3H3. The fourth-order valence-corrected chi connectivity index (χ4v) is 1.84. The summed E-state index contributed by atoms with van der Waals surface area (Å²) in [7, 11) is 4.23. The van der Waals surface area contributed by atoms with Gasteiger partial charge in [0.25, 0.3) is 0 Å². The average molecular weight is 181 g/mol. The number of nitrogens with zero attached hydrogens (tertiary/aromatic N) is 3. The van der Waals surface area contributed by atoms with Crippen molar-refractivity contribution < 1.29 is 0 Å². The fourth-order valence-electron chi connectivity index (χ4n) is 1.84. The van der Waals surface area contributed by atoms with Gasteiger partial charge in [-0.1, -0.05) is 0 Å². The predicted octanol–water partition coefficient (Wildman–Crippen LogP) is 0.924. The van der Waals surface area contributed by atoms with Gasteiger partial charge in [0.05, 0.1) is 12.1 Å². The number of rotatable bonds is 2. The second-order valence-electron chi connectivity index (χ2n) is 4.06.